The second-order valence-corrected chi connectivity index (χ2v) is 4.22. The second kappa shape index (κ2) is 5.19. The summed E-state index contributed by atoms with van der Waals surface area (Å²) in [5.74, 6) is 0.388. The van der Waals surface area contributed by atoms with Gasteiger partial charge >= 0.3 is 5.97 Å². The van der Waals surface area contributed by atoms with Gasteiger partial charge in [0.25, 0.3) is 0 Å². The molecule has 0 spiro atoms. The smallest absolute Gasteiger partial charge is 0.338 e. The summed E-state index contributed by atoms with van der Waals surface area (Å²) in [7, 11) is 1.38. The quantitative estimate of drug-likeness (QED) is 0.804. The van der Waals surface area contributed by atoms with Gasteiger partial charge in [0.1, 0.15) is 12.4 Å². The molecule has 0 radical (unpaired) electrons. The molecule has 4 heteroatoms. The molecule has 0 aliphatic carbocycles. The van der Waals surface area contributed by atoms with E-state index in [0.717, 1.165) is 18.5 Å². The molecule has 1 aromatic rings. The van der Waals surface area contributed by atoms with E-state index in [9.17, 15) is 4.79 Å². The highest BCUT2D eigenvalue weighted by molar-refractivity contribution is 5.91. The molecule has 1 aromatic carbocycles. The molecule has 0 amide bonds. The van der Waals surface area contributed by atoms with Gasteiger partial charge in [-0.1, -0.05) is 6.07 Å². The fourth-order valence-electron chi connectivity index (χ4n) is 1.71. The Morgan fingerprint density at radius 3 is 2.88 bits per heavy atom. The summed E-state index contributed by atoms with van der Waals surface area (Å²) >= 11 is 0. The lowest BCUT2D eigenvalue weighted by atomic mass is 10.1. The molecule has 17 heavy (non-hydrogen) atoms. The molecular formula is C13H17NO3. The SMILES string of the molecule is COC(=O)c1cc(OC[C@H]2CCN2)ccc1C. The number of esters is 1. The molecule has 1 aliphatic heterocycles. The molecule has 1 atom stereocenters. The molecule has 0 unspecified atom stereocenters. The Kier molecular flexibility index (Phi) is 3.64. The Labute approximate surface area is 101 Å². The molecule has 0 bridgehead atoms. The number of rotatable bonds is 4. The van der Waals surface area contributed by atoms with Gasteiger partial charge < -0.3 is 14.8 Å². The summed E-state index contributed by atoms with van der Waals surface area (Å²) in [5, 5.41) is 3.26. The van der Waals surface area contributed by atoms with E-state index >= 15 is 0 Å². The lowest BCUT2D eigenvalue weighted by Crippen LogP contribution is -2.46. The van der Waals surface area contributed by atoms with Crippen molar-refractivity contribution in [1.82, 2.24) is 5.32 Å². The molecule has 2 rings (SSSR count). The van der Waals surface area contributed by atoms with Crippen molar-refractivity contribution in [3.63, 3.8) is 0 Å². The van der Waals surface area contributed by atoms with Crippen molar-refractivity contribution >= 4 is 5.97 Å². The third-order valence-electron chi connectivity index (χ3n) is 2.99. The van der Waals surface area contributed by atoms with Gasteiger partial charge in [-0.3, -0.25) is 0 Å². The summed E-state index contributed by atoms with van der Waals surface area (Å²) in [6.45, 7) is 3.59. The van der Waals surface area contributed by atoms with Crippen LogP contribution in [0.25, 0.3) is 0 Å². The maximum atomic E-state index is 11.5. The van der Waals surface area contributed by atoms with Crippen molar-refractivity contribution in [1.29, 1.82) is 0 Å². The standard InChI is InChI=1S/C13H17NO3/c1-9-3-4-11(7-12(9)13(15)16-2)17-8-10-5-6-14-10/h3-4,7,10,14H,5-6,8H2,1-2H3/t10-/m1/s1. The van der Waals surface area contributed by atoms with Crippen molar-refractivity contribution in [2.45, 2.75) is 19.4 Å². The maximum absolute atomic E-state index is 11.5. The fraction of sp³-hybridized carbons (Fsp3) is 0.462. The zero-order chi connectivity index (χ0) is 12.3. The Morgan fingerprint density at radius 2 is 2.29 bits per heavy atom. The van der Waals surface area contributed by atoms with Crippen molar-refractivity contribution in [2.75, 3.05) is 20.3 Å². The summed E-state index contributed by atoms with van der Waals surface area (Å²) < 4.78 is 10.4. The van der Waals surface area contributed by atoms with Gasteiger partial charge in [0.15, 0.2) is 0 Å². The third-order valence-corrected chi connectivity index (χ3v) is 2.99. The predicted molar refractivity (Wildman–Crippen MR) is 64.4 cm³/mol. The number of carbonyl (C=O) groups excluding carboxylic acids is 1. The van der Waals surface area contributed by atoms with Gasteiger partial charge in [-0.25, -0.2) is 4.79 Å². The minimum atomic E-state index is -0.324. The van der Waals surface area contributed by atoms with E-state index in [2.05, 4.69) is 5.32 Å². The van der Waals surface area contributed by atoms with Crippen molar-refractivity contribution in [3.05, 3.63) is 29.3 Å². The zero-order valence-electron chi connectivity index (χ0n) is 10.2. The van der Waals surface area contributed by atoms with Crippen LogP contribution in [0.1, 0.15) is 22.3 Å². The number of hydrogen-bond donors (Lipinski definition) is 1. The van der Waals surface area contributed by atoms with Gasteiger partial charge in [0, 0.05) is 6.04 Å². The highest BCUT2D eigenvalue weighted by Gasteiger charge is 2.17. The summed E-state index contributed by atoms with van der Waals surface area (Å²) in [6, 6.07) is 5.92. The number of hydrogen-bond acceptors (Lipinski definition) is 4. The molecule has 1 saturated heterocycles. The molecular weight excluding hydrogens is 218 g/mol. The van der Waals surface area contributed by atoms with Gasteiger partial charge in [-0.2, -0.15) is 0 Å². The fourth-order valence-corrected chi connectivity index (χ4v) is 1.71. The molecule has 4 nitrogen and oxygen atoms in total. The van der Waals surface area contributed by atoms with E-state index in [1.165, 1.54) is 7.11 Å². The Balaban J connectivity index is 2.04. The highest BCUT2D eigenvalue weighted by atomic mass is 16.5. The molecule has 1 N–H and O–H groups in total. The molecule has 1 fully saturated rings. The Hall–Kier alpha value is -1.55. The minimum Gasteiger partial charge on any atom is -0.492 e. The first-order valence-corrected chi connectivity index (χ1v) is 5.76. The van der Waals surface area contributed by atoms with Crippen LogP contribution in [0.4, 0.5) is 0 Å². The van der Waals surface area contributed by atoms with Gasteiger partial charge in [0.2, 0.25) is 0 Å². The number of methoxy groups -OCH3 is 1. The Bertz CT molecular complexity index is 413. The van der Waals surface area contributed by atoms with Crippen LogP contribution >= 0.6 is 0 Å². The van der Waals surface area contributed by atoms with E-state index in [0.29, 0.717) is 24.0 Å². The van der Waals surface area contributed by atoms with E-state index in [-0.39, 0.29) is 5.97 Å². The number of ether oxygens (including phenoxy) is 2. The van der Waals surface area contributed by atoms with Crippen LogP contribution < -0.4 is 10.1 Å². The van der Waals surface area contributed by atoms with Gasteiger partial charge in [0.05, 0.1) is 12.7 Å². The Morgan fingerprint density at radius 1 is 1.53 bits per heavy atom. The molecule has 92 valence electrons. The van der Waals surface area contributed by atoms with Crippen LogP contribution in [0, 0.1) is 6.92 Å². The average molecular weight is 235 g/mol. The van der Waals surface area contributed by atoms with Crippen LogP contribution in [0.15, 0.2) is 18.2 Å². The summed E-state index contributed by atoms with van der Waals surface area (Å²) in [6.07, 6.45) is 1.15. The van der Waals surface area contributed by atoms with Crippen LogP contribution in [0.2, 0.25) is 0 Å². The van der Waals surface area contributed by atoms with Crippen molar-refractivity contribution in [3.8, 4) is 5.75 Å². The third kappa shape index (κ3) is 2.77. The van der Waals surface area contributed by atoms with E-state index in [1.54, 1.807) is 6.07 Å². The average Bonchev–Trinajstić information content (AvgIpc) is 2.28. The largest absolute Gasteiger partial charge is 0.492 e. The zero-order valence-corrected chi connectivity index (χ0v) is 10.2. The van der Waals surface area contributed by atoms with Crippen LogP contribution in [0.5, 0.6) is 5.75 Å². The number of carbonyl (C=O) groups is 1. The monoisotopic (exact) mass is 235 g/mol. The first-order valence-electron chi connectivity index (χ1n) is 5.76. The lowest BCUT2D eigenvalue weighted by Gasteiger charge is -2.27. The number of nitrogens with one attached hydrogen (secondary N) is 1. The first kappa shape index (κ1) is 11.9. The second-order valence-electron chi connectivity index (χ2n) is 4.22. The highest BCUT2D eigenvalue weighted by Crippen LogP contribution is 2.19. The minimum absolute atomic E-state index is 0.324. The molecule has 1 heterocycles. The van der Waals surface area contributed by atoms with E-state index < -0.39 is 0 Å². The normalized spacial score (nSPS) is 18.4. The van der Waals surface area contributed by atoms with Gasteiger partial charge in [-0.15, -0.1) is 0 Å². The topological polar surface area (TPSA) is 47.6 Å². The van der Waals surface area contributed by atoms with Crippen molar-refractivity contribution in [2.24, 2.45) is 0 Å². The van der Waals surface area contributed by atoms with E-state index in [1.807, 2.05) is 19.1 Å². The van der Waals surface area contributed by atoms with Crippen LogP contribution in [0.3, 0.4) is 0 Å². The summed E-state index contributed by atoms with van der Waals surface area (Å²) in [4.78, 5) is 11.5. The first-order chi connectivity index (χ1) is 8.20. The van der Waals surface area contributed by atoms with Crippen molar-refractivity contribution < 1.29 is 14.3 Å². The molecule has 0 saturated carbocycles. The molecule has 0 aromatic heterocycles. The maximum Gasteiger partial charge on any atom is 0.338 e. The number of aryl methyl sites for hydroxylation is 1. The predicted octanol–water partition coefficient (Wildman–Crippen LogP) is 1.52. The van der Waals surface area contributed by atoms with Crippen LogP contribution in [-0.2, 0) is 4.74 Å². The van der Waals surface area contributed by atoms with E-state index in [4.69, 9.17) is 9.47 Å². The lowest BCUT2D eigenvalue weighted by molar-refractivity contribution is 0.0599. The van der Waals surface area contributed by atoms with Gasteiger partial charge in [-0.05, 0) is 37.6 Å². The summed E-state index contributed by atoms with van der Waals surface area (Å²) in [5.41, 5.74) is 1.46. The van der Waals surface area contributed by atoms with Crippen LogP contribution in [-0.4, -0.2) is 32.3 Å². The molecule has 1 aliphatic rings. The number of benzene rings is 1.